The number of hydrogen-bond acceptors (Lipinski definition) is 5. The van der Waals surface area contributed by atoms with Gasteiger partial charge in [-0.25, -0.2) is 14.3 Å². The molecule has 2 aromatic carbocycles. The molecule has 8 heteroatoms. The van der Waals surface area contributed by atoms with E-state index in [1.807, 2.05) is 24.3 Å². The number of rotatable bonds is 5. The van der Waals surface area contributed by atoms with Gasteiger partial charge in [-0.05, 0) is 62.4 Å². The summed E-state index contributed by atoms with van der Waals surface area (Å²) in [4.78, 5) is 23.9. The second-order valence-electron chi connectivity index (χ2n) is 5.79. The highest BCUT2D eigenvalue weighted by Gasteiger charge is 2.17. The van der Waals surface area contributed by atoms with Crippen molar-refractivity contribution in [1.82, 2.24) is 9.78 Å². The van der Waals surface area contributed by atoms with Crippen molar-refractivity contribution in [2.45, 2.75) is 13.8 Å². The molecule has 3 aromatic rings. The quantitative estimate of drug-likeness (QED) is 0.455. The summed E-state index contributed by atoms with van der Waals surface area (Å²) in [7, 11) is 0. The summed E-state index contributed by atoms with van der Waals surface area (Å²) in [5.74, 6) is -0.151. The van der Waals surface area contributed by atoms with E-state index in [1.165, 1.54) is 6.20 Å². The molecule has 1 N–H and O–H groups in total. The summed E-state index contributed by atoms with van der Waals surface area (Å²) in [5.41, 5.74) is 2.43. The van der Waals surface area contributed by atoms with Crippen LogP contribution in [0.2, 0.25) is 0 Å². The molecule has 0 saturated heterocycles. The first-order valence-electron chi connectivity index (χ1n) is 8.54. The standard InChI is InChI=1S/C20H18BrN3O4/c1-3-27-20(26)23-15-6-10-17(11-7-15)28-19(25)18-12-22-24(13(18)2)16-8-4-14(21)5-9-16/h4-12H,3H2,1-2H3,(H,23,26). The van der Waals surface area contributed by atoms with E-state index in [-0.39, 0.29) is 6.61 Å². The van der Waals surface area contributed by atoms with Crippen molar-refractivity contribution in [1.29, 1.82) is 0 Å². The fourth-order valence-corrected chi connectivity index (χ4v) is 2.77. The second-order valence-corrected chi connectivity index (χ2v) is 6.71. The SMILES string of the molecule is CCOC(=O)Nc1ccc(OC(=O)c2cnn(-c3ccc(Br)cc3)c2C)cc1. The zero-order valence-electron chi connectivity index (χ0n) is 15.3. The number of halogens is 1. The first-order valence-corrected chi connectivity index (χ1v) is 9.34. The normalized spacial score (nSPS) is 10.4. The van der Waals surface area contributed by atoms with E-state index in [1.54, 1.807) is 42.8 Å². The van der Waals surface area contributed by atoms with Crippen molar-refractivity contribution in [2.24, 2.45) is 0 Å². The van der Waals surface area contributed by atoms with Crippen molar-refractivity contribution in [3.05, 3.63) is 70.5 Å². The van der Waals surface area contributed by atoms with Crippen molar-refractivity contribution < 1.29 is 19.1 Å². The molecular formula is C20H18BrN3O4. The van der Waals surface area contributed by atoms with Crippen LogP contribution in [-0.2, 0) is 4.74 Å². The lowest BCUT2D eigenvalue weighted by Gasteiger charge is -2.08. The van der Waals surface area contributed by atoms with E-state index in [0.717, 1.165) is 10.2 Å². The van der Waals surface area contributed by atoms with Gasteiger partial charge in [0.05, 0.1) is 24.2 Å². The zero-order chi connectivity index (χ0) is 20.1. The Labute approximate surface area is 170 Å². The number of carbonyl (C=O) groups is 2. The molecule has 0 aliphatic carbocycles. The van der Waals surface area contributed by atoms with Crippen molar-refractivity contribution in [3.63, 3.8) is 0 Å². The first-order chi connectivity index (χ1) is 13.5. The summed E-state index contributed by atoms with van der Waals surface area (Å²) < 4.78 is 12.9. The molecule has 3 rings (SSSR count). The number of anilines is 1. The molecule has 144 valence electrons. The zero-order valence-corrected chi connectivity index (χ0v) is 16.9. The summed E-state index contributed by atoms with van der Waals surface area (Å²) >= 11 is 3.39. The van der Waals surface area contributed by atoms with E-state index in [9.17, 15) is 9.59 Å². The fraction of sp³-hybridized carbons (Fsp3) is 0.150. The minimum atomic E-state index is -0.539. The van der Waals surface area contributed by atoms with Crippen LogP contribution in [0, 0.1) is 6.92 Å². The predicted molar refractivity (Wildman–Crippen MR) is 108 cm³/mol. The maximum atomic E-state index is 12.5. The maximum absolute atomic E-state index is 12.5. The van der Waals surface area contributed by atoms with Crippen LogP contribution >= 0.6 is 15.9 Å². The number of aromatic nitrogens is 2. The third kappa shape index (κ3) is 4.58. The largest absolute Gasteiger partial charge is 0.450 e. The average molecular weight is 444 g/mol. The monoisotopic (exact) mass is 443 g/mol. The highest BCUT2D eigenvalue weighted by atomic mass is 79.9. The van der Waals surface area contributed by atoms with Gasteiger partial charge >= 0.3 is 12.1 Å². The van der Waals surface area contributed by atoms with Crippen LogP contribution in [0.3, 0.4) is 0 Å². The summed E-state index contributed by atoms with van der Waals surface area (Å²) in [6, 6.07) is 14.0. The molecule has 0 radical (unpaired) electrons. The Morgan fingerprint density at radius 1 is 1.11 bits per heavy atom. The van der Waals surface area contributed by atoms with Crippen LogP contribution < -0.4 is 10.1 Å². The molecule has 0 aliphatic rings. The van der Waals surface area contributed by atoms with Crippen LogP contribution in [0.15, 0.2) is 59.2 Å². The lowest BCUT2D eigenvalue weighted by atomic mass is 10.2. The number of hydrogen-bond donors (Lipinski definition) is 1. The van der Waals surface area contributed by atoms with Crippen molar-refractivity contribution in [2.75, 3.05) is 11.9 Å². The smallest absolute Gasteiger partial charge is 0.411 e. The number of nitrogens with one attached hydrogen (secondary N) is 1. The van der Waals surface area contributed by atoms with E-state index >= 15 is 0 Å². The fourth-order valence-electron chi connectivity index (χ4n) is 2.51. The topological polar surface area (TPSA) is 82.4 Å². The van der Waals surface area contributed by atoms with Gasteiger partial charge in [-0.2, -0.15) is 5.10 Å². The molecule has 1 aromatic heterocycles. The molecule has 1 heterocycles. The molecule has 1 amide bonds. The summed E-state index contributed by atoms with van der Waals surface area (Å²) in [6.45, 7) is 3.82. The molecule has 28 heavy (non-hydrogen) atoms. The molecule has 7 nitrogen and oxygen atoms in total. The first kappa shape index (κ1) is 19.6. The van der Waals surface area contributed by atoms with E-state index < -0.39 is 12.1 Å². The Kier molecular flexibility index (Phi) is 6.10. The Morgan fingerprint density at radius 3 is 2.43 bits per heavy atom. The van der Waals surface area contributed by atoms with Crippen LogP contribution in [-0.4, -0.2) is 28.4 Å². The summed E-state index contributed by atoms with van der Waals surface area (Å²) in [5, 5.41) is 6.85. The van der Waals surface area contributed by atoms with Crippen LogP contribution in [0.5, 0.6) is 5.75 Å². The van der Waals surface area contributed by atoms with E-state index in [2.05, 4.69) is 26.3 Å². The lowest BCUT2D eigenvalue weighted by molar-refractivity contribution is 0.0734. The summed E-state index contributed by atoms with van der Waals surface area (Å²) in [6.07, 6.45) is 0.944. The highest BCUT2D eigenvalue weighted by molar-refractivity contribution is 9.10. The molecular weight excluding hydrogens is 426 g/mol. The van der Waals surface area contributed by atoms with Gasteiger partial charge in [-0.15, -0.1) is 0 Å². The molecule has 0 spiro atoms. The molecule has 0 fully saturated rings. The Balaban J connectivity index is 1.70. The van der Waals surface area contributed by atoms with Gasteiger partial charge in [0, 0.05) is 10.2 Å². The Bertz CT molecular complexity index is 982. The third-order valence-electron chi connectivity index (χ3n) is 3.89. The number of ether oxygens (including phenoxy) is 2. The molecule has 0 atom stereocenters. The number of amides is 1. The Morgan fingerprint density at radius 2 is 1.79 bits per heavy atom. The van der Waals surface area contributed by atoms with Crippen LogP contribution in [0.1, 0.15) is 23.0 Å². The van der Waals surface area contributed by atoms with Gasteiger partial charge in [0.2, 0.25) is 0 Å². The average Bonchev–Trinajstić information content (AvgIpc) is 3.06. The van der Waals surface area contributed by atoms with Gasteiger partial charge in [-0.3, -0.25) is 5.32 Å². The van der Waals surface area contributed by atoms with Gasteiger partial charge < -0.3 is 9.47 Å². The maximum Gasteiger partial charge on any atom is 0.411 e. The van der Waals surface area contributed by atoms with Crippen LogP contribution in [0.4, 0.5) is 10.5 Å². The molecule has 0 saturated carbocycles. The van der Waals surface area contributed by atoms with E-state index in [4.69, 9.17) is 9.47 Å². The van der Waals surface area contributed by atoms with Gasteiger partial charge in [0.25, 0.3) is 0 Å². The minimum absolute atomic E-state index is 0.287. The van der Waals surface area contributed by atoms with Gasteiger partial charge in [-0.1, -0.05) is 15.9 Å². The van der Waals surface area contributed by atoms with Crippen LogP contribution in [0.25, 0.3) is 5.69 Å². The highest BCUT2D eigenvalue weighted by Crippen LogP contribution is 2.20. The Hall–Kier alpha value is -3.13. The third-order valence-corrected chi connectivity index (χ3v) is 4.42. The molecule has 0 unspecified atom stereocenters. The van der Waals surface area contributed by atoms with Crippen molar-refractivity contribution in [3.8, 4) is 11.4 Å². The molecule has 0 bridgehead atoms. The van der Waals surface area contributed by atoms with E-state index in [0.29, 0.717) is 22.7 Å². The number of nitrogens with zero attached hydrogens (tertiary/aromatic N) is 2. The lowest BCUT2D eigenvalue weighted by Crippen LogP contribution is -2.13. The second kappa shape index (κ2) is 8.71. The van der Waals surface area contributed by atoms with Crippen molar-refractivity contribution >= 4 is 33.7 Å². The minimum Gasteiger partial charge on any atom is -0.450 e. The van der Waals surface area contributed by atoms with Gasteiger partial charge in [0.15, 0.2) is 0 Å². The molecule has 0 aliphatic heterocycles. The van der Waals surface area contributed by atoms with Gasteiger partial charge in [0.1, 0.15) is 11.3 Å². The predicted octanol–water partition coefficient (Wildman–Crippen LogP) is 4.73. The number of carbonyl (C=O) groups excluding carboxylic acids is 2. The number of benzene rings is 2. The number of esters is 1.